The second kappa shape index (κ2) is 6.96. The predicted molar refractivity (Wildman–Crippen MR) is 89.8 cm³/mol. The van der Waals surface area contributed by atoms with Gasteiger partial charge in [-0.2, -0.15) is 0 Å². The highest BCUT2D eigenvalue weighted by Gasteiger charge is 2.23. The minimum atomic E-state index is -0.0579. The number of nitrogens with zero attached hydrogens (tertiary/aromatic N) is 2. The van der Waals surface area contributed by atoms with E-state index < -0.39 is 0 Å². The average molecular weight is 313 g/mol. The summed E-state index contributed by atoms with van der Waals surface area (Å²) in [5.74, 6) is 2.01. The van der Waals surface area contributed by atoms with Gasteiger partial charge in [0.1, 0.15) is 11.6 Å². The fraction of sp³-hybridized carbons (Fsp3) is 0.444. The van der Waals surface area contributed by atoms with E-state index in [1.807, 2.05) is 19.1 Å². The van der Waals surface area contributed by atoms with Gasteiger partial charge in [0.05, 0.1) is 7.11 Å². The van der Waals surface area contributed by atoms with Gasteiger partial charge in [0.15, 0.2) is 0 Å². The van der Waals surface area contributed by atoms with Crippen LogP contribution >= 0.6 is 0 Å². The fourth-order valence-corrected chi connectivity index (χ4v) is 3.25. The molecule has 1 aromatic heterocycles. The van der Waals surface area contributed by atoms with E-state index in [2.05, 4.69) is 27.0 Å². The van der Waals surface area contributed by atoms with Crippen LogP contribution in [0.25, 0.3) is 0 Å². The molecule has 1 fully saturated rings. The van der Waals surface area contributed by atoms with Gasteiger partial charge in [0.2, 0.25) is 0 Å². The summed E-state index contributed by atoms with van der Waals surface area (Å²) < 4.78 is 5.29. The second-order valence-electron chi connectivity index (χ2n) is 6.20. The van der Waals surface area contributed by atoms with Gasteiger partial charge >= 0.3 is 0 Å². The molecule has 5 nitrogen and oxygen atoms in total. The maximum Gasteiger partial charge on any atom is 0.251 e. The highest BCUT2D eigenvalue weighted by molar-refractivity contribution is 5.28. The van der Waals surface area contributed by atoms with Gasteiger partial charge in [-0.15, -0.1) is 0 Å². The average Bonchev–Trinajstić information content (AvgIpc) is 2.54. The van der Waals surface area contributed by atoms with Crippen LogP contribution in [0.2, 0.25) is 0 Å². The van der Waals surface area contributed by atoms with Crippen LogP contribution in [-0.4, -0.2) is 35.1 Å². The number of ether oxygens (including phenoxy) is 1. The van der Waals surface area contributed by atoms with E-state index in [0.717, 1.165) is 49.7 Å². The zero-order valence-corrected chi connectivity index (χ0v) is 13.7. The monoisotopic (exact) mass is 313 g/mol. The summed E-state index contributed by atoms with van der Waals surface area (Å²) in [6, 6.07) is 9.73. The van der Waals surface area contributed by atoms with E-state index in [1.54, 1.807) is 13.2 Å². The molecule has 0 bridgehead atoms. The first kappa shape index (κ1) is 15.7. The van der Waals surface area contributed by atoms with E-state index in [1.165, 1.54) is 5.56 Å². The van der Waals surface area contributed by atoms with Crippen LogP contribution in [0.3, 0.4) is 0 Å². The van der Waals surface area contributed by atoms with Crippen molar-refractivity contribution in [3.8, 4) is 5.75 Å². The van der Waals surface area contributed by atoms with E-state index in [0.29, 0.717) is 5.92 Å². The number of hydrogen-bond donors (Lipinski definition) is 1. The molecule has 1 aliphatic heterocycles. The Kier molecular flexibility index (Phi) is 4.76. The van der Waals surface area contributed by atoms with Crippen molar-refractivity contribution in [2.75, 3.05) is 20.2 Å². The third kappa shape index (κ3) is 3.99. The number of hydrogen-bond acceptors (Lipinski definition) is 4. The van der Waals surface area contributed by atoms with Gasteiger partial charge in [0, 0.05) is 30.8 Å². The highest BCUT2D eigenvalue weighted by atomic mass is 16.5. The predicted octanol–water partition coefficient (Wildman–Crippen LogP) is 2.47. The van der Waals surface area contributed by atoms with Gasteiger partial charge in [-0.25, -0.2) is 4.98 Å². The number of nitrogens with one attached hydrogen (secondary N) is 1. The van der Waals surface area contributed by atoms with Crippen LogP contribution in [0.4, 0.5) is 0 Å². The van der Waals surface area contributed by atoms with Crippen LogP contribution in [0.5, 0.6) is 5.75 Å². The van der Waals surface area contributed by atoms with Crippen LogP contribution in [-0.2, 0) is 6.54 Å². The van der Waals surface area contributed by atoms with Crippen molar-refractivity contribution in [1.29, 1.82) is 0 Å². The molecule has 0 amide bonds. The normalized spacial score (nSPS) is 18.8. The molecule has 1 atom stereocenters. The summed E-state index contributed by atoms with van der Waals surface area (Å²) >= 11 is 0. The number of aromatic nitrogens is 2. The molecule has 122 valence electrons. The van der Waals surface area contributed by atoms with E-state index in [-0.39, 0.29) is 5.56 Å². The number of likely N-dealkylation sites (tertiary alicyclic amines) is 1. The van der Waals surface area contributed by atoms with Crippen molar-refractivity contribution in [1.82, 2.24) is 14.9 Å². The first-order chi connectivity index (χ1) is 11.1. The van der Waals surface area contributed by atoms with Crippen molar-refractivity contribution >= 4 is 0 Å². The first-order valence-electron chi connectivity index (χ1n) is 8.07. The third-order valence-corrected chi connectivity index (χ3v) is 4.32. The zero-order chi connectivity index (χ0) is 16.2. The maximum absolute atomic E-state index is 11.7. The van der Waals surface area contributed by atoms with Crippen molar-refractivity contribution in [3.05, 3.63) is 57.8 Å². The van der Waals surface area contributed by atoms with Gasteiger partial charge in [-0.1, -0.05) is 12.1 Å². The number of benzene rings is 1. The maximum atomic E-state index is 11.7. The molecule has 0 spiro atoms. The molecule has 1 saturated heterocycles. The summed E-state index contributed by atoms with van der Waals surface area (Å²) in [6.45, 7) is 4.76. The molecule has 1 N–H and O–H groups in total. The molecule has 0 aliphatic carbocycles. The molecule has 1 aliphatic rings. The summed E-state index contributed by atoms with van der Waals surface area (Å²) in [7, 11) is 1.69. The Labute approximate surface area is 136 Å². The number of H-pyrrole nitrogens is 1. The summed E-state index contributed by atoms with van der Waals surface area (Å²) in [5.41, 5.74) is 1.97. The molecule has 1 aromatic carbocycles. The molecule has 0 unspecified atom stereocenters. The Balaban J connectivity index is 1.71. The Morgan fingerprint density at radius 1 is 1.39 bits per heavy atom. The molecule has 0 radical (unpaired) electrons. The minimum Gasteiger partial charge on any atom is -0.497 e. The standard InChI is InChI=1S/C18H23N3O2/c1-13-9-17(22)20-18(19-13)15-6-4-8-21(12-15)11-14-5-3-7-16(10-14)23-2/h3,5,7,9-10,15H,4,6,8,11-12H2,1-2H3,(H,19,20,22)/t15-/m0/s1. The van der Waals surface area contributed by atoms with E-state index in [4.69, 9.17) is 4.74 Å². The Hall–Kier alpha value is -2.14. The van der Waals surface area contributed by atoms with Gasteiger partial charge in [-0.3, -0.25) is 9.69 Å². The molecular formula is C18H23N3O2. The van der Waals surface area contributed by atoms with Crippen LogP contribution in [0.15, 0.2) is 35.1 Å². The quantitative estimate of drug-likeness (QED) is 0.942. The summed E-state index contributed by atoms with van der Waals surface area (Å²) in [4.78, 5) is 21.5. The van der Waals surface area contributed by atoms with Crippen molar-refractivity contribution in [2.45, 2.75) is 32.2 Å². The molecule has 5 heteroatoms. The SMILES string of the molecule is COc1cccc(CN2CCC[C@H](c3nc(C)cc(=O)[nH]3)C2)c1. The molecule has 23 heavy (non-hydrogen) atoms. The molecule has 2 aromatic rings. The van der Waals surface area contributed by atoms with E-state index >= 15 is 0 Å². The topological polar surface area (TPSA) is 58.2 Å². The molecule has 3 rings (SSSR count). The third-order valence-electron chi connectivity index (χ3n) is 4.32. The number of piperidine rings is 1. The molecule has 2 heterocycles. The van der Waals surface area contributed by atoms with Crippen molar-refractivity contribution in [3.63, 3.8) is 0 Å². The fourth-order valence-electron chi connectivity index (χ4n) is 3.25. The lowest BCUT2D eigenvalue weighted by atomic mass is 9.96. The van der Waals surface area contributed by atoms with Gasteiger partial charge in [0.25, 0.3) is 5.56 Å². The Morgan fingerprint density at radius 2 is 2.26 bits per heavy atom. The second-order valence-corrected chi connectivity index (χ2v) is 6.20. The number of rotatable bonds is 4. The number of methoxy groups -OCH3 is 1. The van der Waals surface area contributed by atoms with Crippen LogP contribution in [0.1, 0.15) is 35.8 Å². The lowest BCUT2D eigenvalue weighted by molar-refractivity contribution is 0.196. The van der Waals surface area contributed by atoms with Crippen molar-refractivity contribution < 1.29 is 4.74 Å². The van der Waals surface area contributed by atoms with Crippen LogP contribution < -0.4 is 10.3 Å². The molecular weight excluding hydrogens is 290 g/mol. The van der Waals surface area contributed by atoms with Crippen molar-refractivity contribution in [2.24, 2.45) is 0 Å². The lowest BCUT2D eigenvalue weighted by Gasteiger charge is -2.32. The largest absolute Gasteiger partial charge is 0.497 e. The number of aromatic amines is 1. The molecule has 0 saturated carbocycles. The lowest BCUT2D eigenvalue weighted by Crippen LogP contribution is -2.35. The zero-order valence-electron chi connectivity index (χ0n) is 13.7. The Bertz CT molecular complexity index is 726. The van der Waals surface area contributed by atoms with Gasteiger partial charge in [-0.05, 0) is 44.0 Å². The smallest absolute Gasteiger partial charge is 0.251 e. The summed E-state index contributed by atoms with van der Waals surface area (Å²) in [6.07, 6.45) is 2.19. The Morgan fingerprint density at radius 3 is 3.04 bits per heavy atom. The highest BCUT2D eigenvalue weighted by Crippen LogP contribution is 2.25. The number of aryl methyl sites for hydroxylation is 1. The van der Waals surface area contributed by atoms with E-state index in [9.17, 15) is 4.79 Å². The van der Waals surface area contributed by atoms with Gasteiger partial charge < -0.3 is 9.72 Å². The van der Waals surface area contributed by atoms with Crippen LogP contribution in [0, 0.1) is 6.92 Å². The summed E-state index contributed by atoms with van der Waals surface area (Å²) in [5, 5.41) is 0. The minimum absolute atomic E-state index is 0.0579. The first-order valence-corrected chi connectivity index (χ1v) is 8.07.